The normalized spacial score (nSPS) is 15.2. The molecule has 1 aromatic heterocycles. The molecule has 1 aromatic carbocycles. The average molecular weight is 220 g/mol. The predicted molar refractivity (Wildman–Crippen MR) is 62.1 cm³/mol. The second kappa shape index (κ2) is 3.88. The first kappa shape index (κ1) is 11.1. The molecular weight excluding hydrogens is 204 g/mol. The van der Waals surface area contributed by atoms with Gasteiger partial charge in [-0.25, -0.2) is 4.98 Å². The van der Waals surface area contributed by atoms with E-state index < -0.39 is 5.60 Å². The number of aryl methyl sites for hydroxylation is 1. The van der Waals surface area contributed by atoms with Crippen molar-refractivity contribution in [2.24, 2.45) is 5.73 Å². The summed E-state index contributed by atoms with van der Waals surface area (Å²) < 4.78 is 5.56. The fourth-order valence-corrected chi connectivity index (χ4v) is 1.61. The van der Waals surface area contributed by atoms with E-state index >= 15 is 0 Å². The van der Waals surface area contributed by atoms with E-state index in [1.807, 2.05) is 25.1 Å². The van der Waals surface area contributed by atoms with Gasteiger partial charge in [0.05, 0.1) is 12.0 Å². The van der Waals surface area contributed by atoms with Crippen molar-refractivity contribution in [3.8, 4) is 0 Å². The quantitative estimate of drug-likeness (QED) is 0.819. The average Bonchev–Trinajstić information content (AvgIpc) is 2.61. The lowest BCUT2D eigenvalue weighted by Gasteiger charge is -2.18. The summed E-state index contributed by atoms with van der Waals surface area (Å²) in [6.07, 6.45) is 0.331. The van der Waals surface area contributed by atoms with E-state index in [4.69, 9.17) is 10.2 Å². The number of aliphatic hydroxyl groups is 1. The number of para-hydroxylation sites is 1. The zero-order valence-corrected chi connectivity index (χ0v) is 9.53. The van der Waals surface area contributed by atoms with Gasteiger partial charge in [-0.05, 0) is 25.5 Å². The highest BCUT2D eigenvalue weighted by atomic mass is 16.4. The van der Waals surface area contributed by atoms with E-state index in [9.17, 15) is 5.11 Å². The third-order valence-corrected chi connectivity index (χ3v) is 2.64. The Bertz CT molecular complexity index is 503. The number of fused-ring (bicyclic) bond motifs is 1. The van der Waals surface area contributed by atoms with Crippen LogP contribution in [0.3, 0.4) is 0 Å². The van der Waals surface area contributed by atoms with Crippen molar-refractivity contribution in [2.45, 2.75) is 25.9 Å². The number of hydrogen-bond donors (Lipinski definition) is 2. The molecule has 3 N–H and O–H groups in total. The van der Waals surface area contributed by atoms with Crippen LogP contribution in [0.5, 0.6) is 0 Å². The molecule has 4 nitrogen and oxygen atoms in total. The Morgan fingerprint density at radius 2 is 2.25 bits per heavy atom. The Kier molecular flexibility index (Phi) is 2.69. The van der Waals surface area contributed by atoms with Gasteiger partial charge in [0.15, 0.2) is 11.5 Å². The molecule has 16 heavy (non-hydrogen) atoms. The standard InChI is InChI=1S/C12H16N2O2/c1-8-4-3-5-9-11(8)14-10(16-9)6-12(2,15)7-13/h3-5,15H,6-7,13H2,1-2H3. The fourth-order valence-electron chi connectivity index (χ4n) is 1.61. The smallest absolute Gasteiger partial charge is 0.198 e. The Balaban J connectivity index is 2.37. The highest BCUT2D eigenvalue weighted by Crippen LogP contribution is 2.21. The van der Waals surface area contributed by atoms with Crippen LogP contribution in [0.25, 0.3) is 11.1 Å². The molecule has 0 bridgehead atoms. The third kappa shape index (κ3) is 2.08. The monoisotopic (exact) mass is 220 g/mol. The summed E-state index contributed by atoms with van der Waals surface area (Å²) in [5.41, 5.74) is 7.17. The number of rotatable bonds is 3. The van der Waals surface area contributed by atoms with Crippen LogP contribution < -0.4 is 5.73 Å². The van der Waals surface area contributed by atoms with Crippen molar-refractivity contribution in [2.75, 3.05) is 6.54 Å². The van der Waals surface area contributed by atoms with Gasteiger partial charge >= 0.3 is 0 Å². The highest BCUT2D eigenvalue weighted by molar-refractivity contribution is 5.76. The first-order chi connectivity index (χ1) is 7.52. The predicted octanol–water partition coefficient (Wildman–Crippen LogP) is 1.39. The van der Waals surface area contributed by atoms with Crippen LogP contribution >= 0.6 is 0 Å². The first-order valence-electron chi connectivity index (χ1n) is 5.29. The van der Waals surface area contributed by atoms with Crippen LogP contribution in [0, 0.1) is 6.92 Å². The fraction of sp³-hybridized carbons (Fsp3) is 0.417. The summed E-state index contributed by atoms with van der Waals surface area (Å²) in [5.74, 6) is 0.528. The molecule has 0 spiro atoms. The molecule has 2 aromatic rings. The SMILES string of the molecule is Cc1cccc2oc(CC(C)(O)CN)nc12. The van der Waals surface area contributed by atoms with Gasteiger partial charge in [0.2, 0.25) is 0 Å². The lowest BCUT2D eigenvalue weighted by Crippen LogP contribution is -2.36. The summed E-state index contributed by atoms with van der Waals surface area (Å²) >= 11 is 0. The number of hydrogen-bond acceptors (Lipinski definition) is 4. The van der Waals surface area contributed by atoms with E-state index in [0.717, 1.165) is 16.7 Å². The minimum absolute atomic E-state index is 0.185. The molecule has 0 aliphatic rings. The summed E-state index contributed by atoms with van der Waals surface area (Å²) in [6, 6.07) is 5.78. The van der Waals surface area contributed by atoms with Crippen LogP contribution in [0.1, 0.15) is 18.4 Å². The van der Waals surface area contributed by atoms with Crippen molar-refractivity contribution in [1.29, 1.82) is 0 Å². The van der Waals surface area contributed by atoms with Crippen LogP contribution in [0.2, 0.25) is 0 Å². The second-order valence-electron chi connectivity index (χ2n) is 4.41. The molecule has 2 rings (SSSR count). The molecular formula is C12H16N2O2. The zero-order valence-electron chi connectivity index (χ0n) is 9.53. The molecule has 0 saturated heterocycles. The molecule has 0 radical (unpaired) electrons. The molecule has 0 aliphatic carbocycles. The van der Waals surface area contributed by atoms with Gasteiger partial charge in [-0.1, -0.05) is 12.1 Å². The largest absolute Gasteiger partial charge is 0.441 e. The van der Waals surface area contributed by atoms with Crippen LogP contribution in [0.15, 0.2) is 22.6 Å². The van der Waals surface area contributed by atoms with E-state index in [-0.39, 0.29) is 6.54 Å². The van der Waals surface area contributed by atoms with Gasteiger partial charge in [0.25, 0.3) is 0 Å². The Hall–Kier alpha value is -1.39. The lowest BCUT2D eigenvalue weighted by atomic mass is 10.0. The van der Waals surface area contributed by atoms with E-state index in [0.29, 0.717) is 12.3 Å². The summed E-state index contributed by atoms with van der Waals surface area (Å²) in [7, 11) is 0. The Labute approximate surface area is 94.1 Å². The molecule has 1 atom stereocenters. The van der Waals surface area contributed by atoms with Gasteiger partial charge in [-0.3, -0.25) is 0 Å². The van der Waals surface area contributed by atoms with Gasteiger partial charge in [-0.2, -0.15) is 0 Å². The van der Waals surface area contributed by atoms with E-state index in [1.54, 1.807) is 6.92 Å². The highest BCUT2D eigenvalue weighted by Gasteiger charge is 2.22. The molecule has 0 saturated carbocycles. The van der Waals surface area contributed by atoms with Crippen molar-refractivity contribution in [1.82, 2.24) is 4.98 Å². The number of nitrogens with two attached hydrogens (primary N) is 1. The van der Waals surface area contributed by atoms with Crippen molar-refractivity contribution >= 4 is 11.1 Å². The molecule has 1 heterocycles. The van der Waals surface area contributed by atoms with Crippen LogP contribution in [0.4, 0.5) is 0 Å². The van der Waals surface area contributed by atoms with Crippen LogP contribution in [-0.2, 0) is 6.42 Å². The van der Waals surface area contributed by atoms with Crippen LogP contribution in [-0.4, -0.2) is 22.2 Å². The number of benzene rings is 1. The first-order valence-corrected chi connectivity index (χ1v) is 5.29. The summed E-state index contributed by atoms with van der Waals surface area (Å²) in [6.45, 7) is 3.84. The van der Waals surface area contributed by atoms with Gasteiger partial charge in [0.1, 0.15) is 5.52 Å². The van der Waals surface area contributed by atoms with Crippen molar-refractivity contribution < 1.29 is 9.52 Å². The molecule has 0 amide bonds. The maximum Gasteiger partial charge on any atom is 0.198 e. The summed E-state index contributed by atoms with van der Waals surface area (Å²) in [5, 5.41) is 9.85. The van der Waals surface area contributed by atoms with Gasteiger partial charge in [0, 0.05) is 6.54 Å². The maximum absolute atomic E-state index is 9.85. The number of nitrogens with zero attached hydrogens (tertiary/aromatic N) is 1. The Morgan fingerprint density at radius 1 is 1.50 bits per heavy atom. The minimum Gasteiger partial charge on any atom is -0.441 e. The maximum atomic E-state index is 9.85. The van der Waals surface area contributed by atoms with Crippen molar-refractivity contribution in [3.05, 3.63) is 29.7 Å². The Morgan fingerprint density at radius 3 is 2.88 bits per heavy atom. The van der Waals surface area contributed by atoms with E-state index in [2.05, 4.69) is 4.98 Å². The van der Waals surface area contributed by atoms with Gasteiger partial charge in [-0.15, -0.1) is 0 Å². The van der Waals surface area contributed by atoms with Crippen molar-refractivity contribution in [3.63, 3.8) is 0 Å². The third-order valence-electron chi connectivity index (χ3n) is 2.64. The zero-order chi connectivity index (χ0) is 11.8. The number of aromatic nitrogens is 1. The molecule has 0 fully saturated rings. The lowest BCUT2D eigenvalue weighted by molar-refractivity contribution is 0.0632. The molecule has 86 valence electrons. The molecule has 0 aliphatic heterocycles. The minimum atomic E-state index is -0.964. The number of oxazole rings is 1. The summed E-state index contributed by atoms with van der Waals surface area (Å²) in [4.78, 5) is 4.36. The topological polar surface area (TPSA) is 72.3 Å². The van der Waals surface area contributed by atoms with E-state index in [1.165, 1.54) is 0 Å². The van der Waals surface area contributed by atoms with Gasteiger partial charge < -0.3 is 15.3 Å². The molecule has 1 unspecified atom stereocenters. The second-order valence-corrected chi connectivity index (χ2v) is 4.41. The molecule has 4 heteroatoms.